The molecule has 1 unspecified atom stereocenters. The first kappa shape index (κ1) is 11.7. The molecule has 3 heteroatoms. The zero-order chi connectivity index (χ0) is 13.2. The quantitative estimate of drug-likeness (QED) is 0.777. The van der Waals surface area contributed by atoms with Crippen LogP contribution in [0.4, 0.5) is 10.1 Å². The van der Waals surface area contributed by atoms with Gasteiger partial charge in [-0.1, -0.05) is 36.4 Å². The minimum Gasteiger partial charge on any atom is -0.349 e. The van der Waals surface area contributed by atoms with Crippen molar-refractivity contribution in [2.24, 2.45) is 0 Å². The standard InChI is InChI=1S/C16H13FN2/c17-14-7-3-4-8-15(14)19-10-9-12-5-1-2-6-13(12)16(19)11-18/h1-8,16H,9-10H2. The highest BCUT2D eigenvalue weighted by Gasteiger charge is 2.28. The second kappa shape index (κ2) is 4.74. The Kier molecular flexibility index (Phi) is 2.92. The summed E-state index contributed by atoms with van der Waals surface area (Å²) in [5, 5.41) is 9.45. The third-order valence-corrected chi connectivity index (χ3v) is 3.57. The molecule has 2 aromatic carbocycles. The average Bonchev–Trinajstić information content (AvgIpc) is 2.46. The van der Waals surface area contributed by atoms with Crippen LogP contribution >= 0.6 is 0 Å². The molecular weight excluding hydrogens is 239 g/mol. The van der Waals surface area contributed by atoms with Crippen LogP contribution in [0.25, 0.3) is 0 Å². The van der Waals surface area contributed by atoms with E-state index >= 15 is 0 Å². The van der Waals surface area contributed by atoms with Gasteiger partial charge in [0.05, 0.1) is 11.8 Å². The second-order valence-electron chi connectivity index (χ2n) is 4.63. The van der Waals surface area contributed by atoms with E-state index in [-0.39, 0.29) is 5.82 Å². The molecule has 1 aliphatic rings. The number of nitriles is 1. The Labute approximate surface area is 111 Å². The molecular formula is C16H13FN2. The first-order valence-corrected chi connectivity index (χ1v) is 6.30. The van der Waals surface area contributed by atoms with E-state index in [1.165, 1.54) is 11.6 Å². The lowest BCUT2D eigenvalue weighted by Crippen LogP contribution is -2.35. The van der Waals surface area contributed by atoms with Crippen molar-refractivity contribution in [1.82, 2.24) is 0 Å². The van der Waals surface area contributed by atoms with Crippen LogP contribution in [-0.4, -0.2) is 6.54 Å². The highest BCUT2D eigenvalue weighted by Crippen LogP contribution is 2.34. The molecule has 0 fully saturated rings. The van der Waals surface area contributed by atoms with Gasteiger partial charge < -0.3 is 4.90 Å². The van der Waals surface area contributed by atoms with E-state index in [0.29, 0.717) is 12.2 Å². The van der Waals surface area contributed by atoms with Gasteiger partial charge in [-0.15, -0.1) is 0 Å². The van der Waals surface area contributed by atoms with Crippen LogP contribution in [0, 0.1) is 17.1 Å². The normalized spacial score (nSPS) is 17.7. The predicted octanol–water partition coefficient (Wildman–Crippen LogP) is 3.45. The van der Waals surface area contributed by atoms with Gasteiger partial charge in [0, 0.05) is 6.54 Å². The fraction of sp³-hybridized carbons (Fsp3) is 0.188. The van der Waals surface area contributed by atoms with Gasteiger partial charge in [0.2, 0.25) is 0 Å². The van der Waals surface area contributed by atoms with Crippen molar-refractivity contribution in [3.63, 3.8) is 0 Å². The van der Waals surface area contributed by atoms with Gasteiger partial charge in [-0.25, -0.2) is 4.39 Å². The maximum atomic E-state index is 13.9. The SMILES string of the molecule is N#CC1c2ccccc2CCN1c1ccccc1F. The third kappa shape index (κ3) is 1.96. The van der Waals surface area contributed by atoms with Crippen LogP contribution in [0.3, 0.4) is 0 Å². The fourth-order valence-electron chi connectivity index (χ4n) is 2.65. The summed E-state index contributed by atoms with van der Waals surface area (Å²) in [6.07, 6.45) is 0.836. The van der Waals surface area contributed by atoms with Crippen molar-refractivity contribution in [1.29, 1.82) is 5.26 Å². The van der Waals surface area contributed by atoms with Crippen LogP contribution in [0.2, 0.25) is 0 Å². The van der Waals surface area contributed by atoms with Crippen molar-refractivity contribution >= 4 is 5.69 Å². The number of nitrogens with zero attached hydrogens (tertiary/aromatic N) is 2. The number of anilines is 1. The van der Waals surface area contributed by atoms with Gasteiger partial charge >= 0.3 is 0 Å². The Morgan fingerprint density at radius 1 is 1.11 bits per heavy atom. The lowest BCUT2D eigenvalue weighted by atomic mass is 9.93. The first-order valence-electron chi connectivity index (χ1n) is 6.30. The van der Waals surface area contributed by atoms with E-state index in [0.717, 1.165) is 12.0 Å². The Morgan fingerprint density at radius 2 is 1.84 bits per heavy atom. The largest absolute Gasteiger partial charge is 0.349 e. The Balaban J connectivity index is 2.07. The first-order chi connectivity index (χ1) is 9.31. The van der Waals surface area contributed by atoms with Crippen molar-refractivity contribution in [3.05, 3.63) is 65.5 Å². The topological polar surface area (TPSA) is 27.0 Å². The van der Waals surface area contributed by atoms with E-state index < -0.39 is 6.04 Å². The Hall–Kier alpha value is -2.34. The molecule has 0 N–H and O–H groups in total. The minimum absolute atomic E-state index is 0.276. The summed E-state index contributed by atoms with van der Waals surface area (Å²) in [5.74, 6) is -0.276. The molecule has 0 spiro atoms. The van der Waals surface area contributed by atoms with Gasteiger partial charge in [0.1, 0.15) is 11.9 Å². The highest BCUT2D eigenvalue weighted by molar-refractivity contribution is 5.55. The minimum atomic E-state index is -0.415. The molecule has 3 rings (SSSR count). The molecule has 0 bridgehead atoms. The molecule has 0 aliphatic carbocycles. The number of fused-ring (bicyclic) bond motifs is 1. The molecule has 2 aromatic rings. The summed E-state index contributed by atoms with van der Waals surface area (Å²) >= 11 is 0. The van der Waals surface area contributed by atoms with E-state index in [1.54, 1.807) is 18.2 Å². The Morgan fingerprint density at radius 3 is 2.63 bits per heavy atom. The second-order valence-corrected chi connectivity index (χ2v) is 4.63. The third-order valence-electron chi connectivity index (χ3n) is 3.57. The summed E-state index contributed by atoms with van der Waals surface area (Å²) < 4.78 is 13.9. The molecule has 1 heterocycles. The maximum absolute atomic E-state index is 13.9. The molecule has 0 saturated carbocycles. The number of halogens is 1. The van der Waals surface area contributed by atoms with Gasteiger partial charge in [-0.2, -0.15) is 5.26 Å². The van der Waals surface area contributed by atoms with Crippen LogP contribution in [0.5, 0.6) is 0 Å². The molecule has 2 nitrogen and oxygen atoms in total. The van der Waals surface area contributed by atoms with Gasteiger partial charge in [-0.05, 0) is 29.7 Å². The highest BCUT2D eigenvalue weighted by atomic mass is 19.1. The summed E-state index contributed by atoms with van der Waals surface area (Å²) in [6, 6.07) is 16.4. The molecule has 1 atom stereocenters. The van der Waals surface area contributed by atoms with E-state index in [2.05, 4.69) is 6.07 Å². The summed E-state index contributed by atoms with van der Waals surface area (Å²) in [4.78, 5) is 1.84. The van der Waals surface area contributed by atoms with Crippen molar-refractivity contribution in [2.75, 3.05) is 11.4 Å². The summed E-state index contributed by atoms with van der Waals surface area (Å²) in [6.45, 7) is 0.663. The van der Waals surface area contributed by atoms with Crippen LogP contribution in [-0.2, 0) is 6.42 Å². The molecule has 19 heavy (non-hydrogen) atoms. The van der Waals surface area contributed by atoms with Crippen LogP contribution in [0.1, 0.15) is 17.2 Å². The summed E-state index contributed by atoms with van der Waals surface area (Å²) in [5.41, 5.74) is 2.67. The molecule has 1 aliphatic heterocycles. The van der Waals surface area contributed by atoms with Crippen molar-refractivity contribution in [2.45, 2.75) is 12.5 Å². The number of hydrogen-bond donors (Lipinski definition) is 0. The molecule has 0 radical (unpaired) electrons. The molecule has 0 saturated heterocycles. The van der Waals surface area contributed by atoms with Gasteiger partial charge in [0.15, 0.2) is 0 Å². The zero-order valence-electron chi connectivity index (χ0n) is 10.4. The fourth-order valence-corrected chi connectivity index (χ4v) is 2.65. The molecule has 0 aromatic heterocycles. The summed E-state index contributed by atoms with van der Waals surface area (Å²) in [7, 11) is 0. The maximum Gasteiger partial charge on any atom is 0.146 e. The lowest BCUT2D eigenvalue weighted by molar-refractivity contribution is 0.599. The predicted molar refractivity (Wildman–Crippen MR) is 72.2 cm³/mol. The van der Waals surface area contributed by atoms with Gasteiger partial charge in [0.25, 0.3) is 0 Å². The van der Waals surface area contributed by atoms with Crippen LogP contribution < -0.4 is 4.90 Å². The van der Waals surface area contributed by atoms with E-state index in [4.69, 9.17) is 0 Å². The number of benzene rings is 2. The number of para-hydroxylation sites is 1. The number of hydrogen-bond acceptors (Lipinski definition) is 2. The smallest absolute Gasteiger partial charge is 0.146 e. The van der Waals surface area contributed by atoms with Crippen molar-refractivity contribution < 1.29 is 4.39 Å². The van der Waals surface area contributed by atoms with Crippen LogP contribution in [0.15, 0.2) is 48.5 Å². The zero-order valence-corrected chi connectivity index (χ0v) is 10.4. The lowest BCUT2D eigenvalue weighted by Gasteiger charge is -2.35. The average molecular weight is 252 g/mol. The van der Waals surface area contributed by atoms with Gasteiger partial charge in [-0.3, -0.25) is 0 Å². The molecule has 0 amide bonds. The van der Waals surface area contributed by atoms with E-state index in [1.807, 2.05) is 29.2 Å². The van der Waals surface area contributed by atoms with Crippen molar-refractivity contribution in [3.8, 4) is 6.07 Å². The van der Waals surface area contributed by atoms with E-state index in [9.17, 15) is 9.65 Å². The molecule has 94 valence electrons. The monoisotopic (exact) mass is 252 g/mol. The Bertz CT molecular complexity index is 645. The number of rotatable bonds is 1.